The van der Waals surface area contributed by atoms with E-state index in [9.17, 15) is 0 Å². The molecule has 2 aliphatic carbocycles. The van der Waals surface area contributed by atoms with Crippen molar-refractivity contribution in [3.05, 3.63) is 161 Å². The van der Waals surface area contributed by atoms with Crippen LogP contribution in [-0.2, 0) is 10.8 Å². The molecule has 6 aromatic carbocycles. The molecular formula is C43H37N. The van der Waals surface area contributed by atoms with Gasteiger partial charge in [0, 0.05) is 27.9 Å². The average molecular weight is 568 g/mol. The Hall–Kier alpha value is -4.88. The quantitative estimate of drug-likeness (QED) is 0.205. The number of fused-ring (bicyclic) bond motifs is 6. The highest BCUT2D eigenvalue weighted by Crippen LogP contribution is 2.55. The zero-order valence-electron chi connectivity index (χ0n) is 26.1. The summed E-state index contributed by atoms with van der Waals surface area (Å²) < 4.78 is 0. The Morgan fingerprint density at radius 1 is 0.409 bits per heavy atom. The number of para-hydroxylation sites is 1. The lowest BCUT2D eigenvalue weighted by Crippen LogP contribution is -2.17. The molecule has 6 aromatic rings. The highest BCUT2D eigenvalue weighted by molar-refractivity contribution is 5.91. The van der Waals surface area contributed by atoms with Crippen molar-refractivity contribution in [3.8, 4) is 33.4 Å². The second kappa shape index (κ2) is 9.56. The molecule has 0 unspecified atom stereocenters. The Morgan fingerprint density at radius 3 is 1.80 bits per heavy atom. The number of hydrogen-bond donors (Lipinski definition) is 0. The number of benzene rings is 6. The summed E-state index contributed by atoms with van der Waals surface area (Å²) in [5.41, 5.74) is 18.3. The predicted octanol–water partition coefficient (Wildman–Crippen LogP) is 11.7. The first-order chi connectivity index (χ1) is 21.2. The van der Waals surface area contributed by atoms with E-state index in [1.165, 1.54) is 72.6 Å². The summed E-state index contributed by atoms with van der Waals surface area (Å²) in [6.45, 7) is 11.7. The highest BCUT2D eigenvalue weighted by Gasteiger charge is 2.39. The van der Waals surface area contributed by atoms with E-state index >= 15 is 0 Å². The molecule has 0 saturated heterocycles. The Morgan fingerprint density at radius 2 is 1.00 bits per heavy atom. The van der Waals surface area contributed by atoms with E-state index < -0.39 is 0 Å². The van der Waals surface area contributed by atoms with Crippen LogP contribution in [0.25, 0.3) is 33.4 Å². The van der Waals surface area contributed by atoms with Crippen LogP contribution in [0.5, 0.6) is 0 Å². The maximum absolute atomic E-state index is 2.47. The maximum Gasteiger partial charge on any atom is 0.0465 e. The molecule has 44 heavy (non-hydrogen) atoms. The van der Waals surface area contributed by atoms with Crippen molar-refractivity contribution in [1.29, 1.82) is 0 Å². The second-order valence-electron chi connectivity index (χ2n) is 13.5. The molecule has 0 N–H and O–H groups in total. The lowest BCUT2D eigenvalue weighted by molar-refractivity contribution is 0.659. The average Bonchev–Trinajstić information content (AvgIpc) is 3.41. The summed E-state index contributed by atoms with van der Waals surface area (Å²) in [5.74, 6) is 0. The van der Waals surface area contributed by atoms with Crippen molar-refractivity contribution in [3.63, 3.8) is 0 Å². The predicted molar refractivity (Wildman–Crippen MR) is 186 cm³/mol. The van der Waals surface area contributed by atoms with Crippen molar-refractivity contribution in [2.75, 3.05) is 4.90 Å². The second-order valence-corrected chi connectivity index (χ2v) is 13.5. The monoisotopic (exact) mass is 567 g/mol. The fourth-order valence-electron chi connectivity index (χ4n) is 7.91. The van der Waals surface area contributed by atoms with Crippen molar-refractivity contribution in [2.24, 2.45) is 0 Å². The molecule has 2 aliphatic rings. The molecule has 0 amide bonds. The molecule has 0 spiro atoms. The summed E-state index contributed by atoms with van der Waals surface area (Å²) in [6.07, 6.45) is 0. The van der Waals surface area contributed by atoms with E-state index in [0.717, 1.165) is 5.69 Å². The number of aryl methyl sites for hydroxylation is 1. The summed E-state index contributed by atoms with van der Waals surface area (Å²) >= 11 is 0. The van der Waals surface area contributed by atoms with Gasteiger partial charge in [-0.3, -0.25) is 0 Å². The van der Waals surface area contributed by atoms with Crippen molar-refractivity contribution >= 4 is 17.1 Å². The number of nitrogens with zero attached hydrogens (tertiary/aromatic N) is 1. The SMILES string of the molecule is Cc1cccc(N(c2ccccc2)c2ccc3c(c2)C(C)(C)c2cc(-c4cccc5c4C(C)(C)c4ccccc4-5)ccc2-3)c1. The van der Waals surface area contributed by atoms with E-state index in [0.29, 0.717) is 0 Å². The van der Waals surface area contributed by atoms with Crippen LogP contribution in [0, 0.1) is 6.92 Å². The lowest BCUT2D eigenvalue weighted by atomic mass is 9.77. The summed E-state index contributed by atoms with van der Waals surface area (Å²) in [7, 11) is 0. The van der Waals surface area contributed by atoms with Crippen molar-refractivity contribution in [2.45, 2.75) is 45.4 Å². The Labute approximate surface area is 261 Å². The van der Waals surface area contributed by atoms with Crippen LogP contribution in [-0.4, -0.2) is 0 Å². The molecule has 0 atom stereocenters. The first kappa shape index (κ1) is 26.7. The normalized spacial score (nSPS) is 14.8. The summed E-state index contributed by atoms with van der Waals surface area (Å²) in [6, 6.07) is 49.5. The van der Waals surface area contributed by atoms with Gasteiger partial charge in [-0.15, -0.1) is 0 Å². The van der Waals surface area contributed by atoms with Crippen LogP contribution in [0.2, 0.25) is 0 Å². The van der Waals surface area contributed by atoms with Gasteiger partial charge in [0.1, 0.15) is 0 Å². The number of rotatable bonds is 4. The van der Waals surface area contributed by atoms with Crippen LogP contribution < -0.4 is 4.90 Å². The van der Waals surface area contributed by atoms with Crippen LogP contribution in [0.4, 0.5) is 17.1 Å². The van der Waals surface area contributed by atoms with Crippen LogP contribution in [0.15, 0.2) is 133 Å². The van der Waals surface area contributed by atoms with E-state index in [2.05, 4.69) is 173 Å². The van der Waals surface area contributed by atoms with Gasteiger partial charge in [-0.25, -0.2) is 0 Å². The molecule has 0 aromatic heterocycles. The molecule has 0 fully saturated rings. The van der Waals surface area contributed by atoms with Crippen LogP contribution in [0.3, 0.4) is 0 Å². The molecule has 0 bridgehead atoms. The first-order valence-electron chi connectivity index (χ1n) is 15.7. The smallest absolute Gasteiger partial charge is 0.0465 e. The van der Waals surface area contributed by atoms with E-state index in [-0.39, 0.29) is 10.8 Å². The number of hydrogen-bond acceptors (Lipinski definition) is 1. The minimum absolute atomic E-state index is 0.0500. The third-order valence-electron chi connectivity index (χ3n) is 10.1. The zero-order chi connectivity index (χ0) is 30.2. The largest absolute Gasteiger partial charge is 0.310 e. The van der Waals surface area contributed by atoms with Crippen LogP contribution >= 0.6 is 0 Å². The maximum atomic E-state index is 2.47. The Kier molecular flexibility index (Phi) is 5.81. The minimum Gasteiger partial charge on any atom is -0.310 e. The Bertz CT molecular complexity index is 2080. The Balaban J connectivity index is 1.25. The van der Waals surface area contributed by atoms with Gasteiger partial charge in [-0.1, -0.05) is 119 Å². The minimum atomic E-state index is -0.137. The zero-order valence-corrected chi connectivity index (χ0v) is 26.1. The molecule has 0 aliphatic heterocycles. The first-order valence-corrected chi connectivity index (χ1v) is 15.7. The molecule has 0 radical (unpaired) electrons. The van der Waals surface area contributed by atoms with E-state index in [1.807, 2.05) is 0 Å². The summed E-state index contributed by atoms with van der Waals surface area (Å²) in [4.78, 5) is 2.38. The molecule has 0 heterocycles. The standard InChI is InChI=1S/C43H37N/c1-28-13-11-16-31(25-28)44(30-14-7-6-8-15-30)32-22-24-36-35-23-21-29(26-39(35)42(2,3)40(36)27-32)33-18-12-19-37-34-17-9-10-20-38(34)43(4,5)41(33)37/h6-27H,1-5H3. The van der Waals surface area contributed by atoms with E-state index in [1.54, 1.807) is 0 Å². The van der Waals surface area contributed by atoms with E-state index in [4.69, 9.17) is 0 Å². The topological polar surface area (TPSA) is 3.24 Å². The van der Waals surface area contributed by atoms with Gasteiger partial charge in [0.05, 0.1) is 0 Å². The van der Waals surface area contributed by atoms with Crippen molar-refractivity contribution in [1.82, 2.24) is 0 Å². The lowest BCUT2D eigenvalue weighted by Gasteiger charge is -2.28. The van der Waals surface area contributed by atoms with Gasteiger partial charge in [0.2, 0.25) is 0 Å². The summed E-state index contributed by atoms with van der Waals surface area (Å²) in [5, 5.41) is 0. The third-order valence-corrected chi connectivity index (χ3v) is 10.1. The highest BCUT2D eigenvalue weighted by atomic mass is 15.1. The molecular weight excluding hydrogens is 530 g/mol. The third kappa shape index (κ3) is 3.85. The number of anilines is 3. The molecule has 1 heteroatoms. The fourth-order valence-corrected chi connectivity index (χ4v) is 7.91. The molecule has 8 rings (SSSR count). The van der Waals surface area contributed by atoms with Gasteiger partial charge < -0.3 is 4.90 Å². The van der Waals surface area contributed by atoms with Crippen LogP contribution in [0.1, 0.15) is 55.5 Å². The fraction of sp³-hybridized carbons (Fsp3) is 0.163. The van der Waals surface area contributed by atoms with Gasteiger partial charge in [0.25, 0.3) is 0 Å². The van der Waals surface area contributed by atoms with Gasteiger partial charge in [-0.05, 0) is 111 Å². The van der Waals surface area contributed by atoms with Gasteiger partial charge in [0.15, 0.2) is 0 Å². The van der Waals surface area contributed by atoms with Gasteiger partial charge >= 0.3 is 0 Å². The molecule has 1 nitrogen and oxygen atoms in total. The van der Waals surface area contributed by atoms with Gasteiger partial charge in [-0.2, -0.15) is 0 Å². The van der Waals surface area contributed by atoms with Crippen molar-refractivity contribution < 1.29 is 0 Å². The molecule has 0 saturated carbocycles. The molecule has 214 valence electrons.